The summed E-state index contributed by atoms with van der Waals surface area (Å²) in [5.41, 5.74) is 0. The second-order valence-corrected chi connectivity index (χ2v) is 6.41. The van der Waals surface area contributed by atoms with Gasteiger partial charge in [-0.05, 0) is 32.0 Å². The van der Waals surface area contributed by atoms with Crippen molar-refractivity contribution in [2.75, 3.05) is 26.2 Å². The van der Waals surface area contributed by atoms with E-state index < -0.39 is 0 Å². The third-order valence-corrected chi connectivity index (χ3v) is 4.01. The lowest BCUT2D eigenvalue weighted by atomic mass is 10.2. The Hall–Kier alpha value is -0.290. The highest BCUT2D eigenvalue weighted by atomic mass is 79.9. The lowest BCUT2D eigenvalue weighted by Gasteiger charge is -2.32. The summed E-state index contributed by atoms with van der Waals surface area (Å²) in [5, 5.41) is 0.646. The van der Waals surface area contributed by atoms with Crippen molar-refractivity contribution in [3.63, 3.8) is 0 Å². The average Bonchev–Trinajstić information content (AvgIpc) is 2.30. The van der Waals surface area contributed by atoms with Crippen LogP contribution >= 0.6 is 27.5 Å². The summed E-state index contributed by atoms with van der Waals surface area (Å²) in [6, 6.07) is 5.68. The summed E-state index contributed by atoms with van der Waals surface area (Å²) in [4.78, 5) is 1.53. The largest absolute Gasteiger partial charge is 0.486 e. The van der Waals surface area contributed by atoms with Crippen molar-refractivity contribution in [2.24, 2.45) is 0 Å². The highest BCUT2D eigenvalue weighted by Gasteiger charge is 2.25. The number of benzene rings is 1. The van der Waals surface area contributed by atoms with E-state index in [4.69, 9.17) is 21.1 Å². The van der Waals surface area contributed by atoms with Gasteiger partial charge >= 0.3 is 0 Å². The van der Waals surface area contributed by atoms with Crippen LogP contribution in [-0.4, -0.2) is 38.4 Å². The number of nitrogens with one attached hydrogen (secondary N) is 1. The van der Waals surface area contributed by atoms with Gasteiger partial charge < -0.3 is 14.4 Å². The van der Waals surface area contributed by atoms with Crippen molar-refractivity contribution in [2.45, 2.75) is 26.1 Å². The van der Waals surface area contributed by atoms with Crippen molar-refractivity contribution in [1.29, 1.82) is 0 Å². The Morgan fingerprint density at radius 2 is 2.05 bits per heavy atom. The van der Waals surface area contributed by atoms with E-state index in [1.807, 2.05) is 18.2 Å². The van der Waals surface area contributed by atoms with Gasteiger partial charge in [-0.15, -0.1) is 0 Å². The minimum atomic E-state index is 0.329. The Kier molecular flexibility index (Phi) is 5.51. The van der Waals surface area contributed by atoms with Crippen molar-refractivity contribution in [1.82, 2.24) is 0 Å². The average molecular weight is 350 g/mol. The van der Waals surface area contributed by atoms with Crippen molar-refractivity contribution >= 4 is 27.5 Å². The van der Waals surface area contributed by atoms with E-state index in [0.29, 0.717) is 23.8 Å². The van der Waals surface area contributed by atoms with E-state index >= 15 is 0 Å². The second-order valence-electron chi connectivity index (χ2n) is 5.09. The summed E-state index contributed by atoms with van der Waals surface area (Å²) >= 11 is 9.50. The predicted molar refractivity (Wildman–Crippen MR) is 80.2 cm³/mol. The number of hydrogen-bond acceptors (Lipinski definition) is 2. The Morgan fingerprint density at radius 1 is 1.37 bits per heavy atom. The van der Waals surface area contributed by atoms with E-state index in [0.717, 1.165) is 29.9 Å². The molecule has 1 aromatic carbocycles. The van der Waals surface area contributed by atoms with Gasteiger partial charge in [-0.3, -0.25) is 0 Å². The zero-order chi connectivity index (χ0) is 13.8. The minimum Gasteiger partial charge on any atom is -0.486 e. The Bertz CT molecular complexity index is 420. The molecule has 0 spiro atoms. The van der Waals surface area contributed by atoms with Crippen LogP contribution in [0, 0.1) is 0 Å². The van der Waals surface area contributed by atoms with Crippen LogP contribution in [0.3, 0.4) is 0 Å². The molecular weight excluding hydrogens is 330 g/mol. The number of morpholine rings is 1. The van der Waals surface area contributed by atoms with Crippen molar-refractivity contribution < 1.29 is 14.4 Å². The quantitative estimate of drug-likeness (QED) is 0.900. The van der Waals surface area contributed by atoms with Crippen LogP contribution in [0.25, 0.3) is 0 Å². The Labute approximate surface area is 128 Å². The molecule has 1 heterocycles. The molecular formula is C14H20BrClNO2+. The summed E-state index contributed by atoms with van der Waals surface area (Å²) in [5.74, 6) is 0.749. The van der Waals surface area contributed by atoms with E-state index in [-0.39, 0.29) is 0 Å². The smallest absolute Gasteiger partial charge is 0.138 e. The molecule has 0 radical (unpaired) electrons. The first kappa shape index (κ1) is 15.1. The normalized spacial score (nSPS) is 27.3. The molecule has 1 aliphatic rings. The maximum atomic E-state index is 6.12. The van der Waals surface area contributed by atoms with E-state index in [1.54, 1.807) is 0 Å². The Morgan fingerprint density at radius 3 is 2.68 bits per heavy atom. The first-order chi connectivity index (χ1) is 9.04. The number of halogens is 2. The summed E-state index contributed by atoms with van der Waals surface area (Å²) in [7, 11) is 0. The number of ether oxygens (including phenoxy) is 2. The lowest BCUT2D eigenvalue weighted by Crippen LogP contribution is -3.16. The zero-order valence-corrected chi connectivity index (χ0v) is 13.6. The molecule has 1 aliphatic heterocycles. The number of hydrogen-bond donors (Lipinski definition) is 1. The van der Waals surface area contributed by atoms with Crippen LogP contribution in [0.1, 0.15) is 13.8 Å². The van der Waals surface area contributed by atoms with Crippen LogP contribution < -0.4 is 9.64 Å². The fourth-order valence-electron chi connectivity index (χ4n) is 2.49. The molecule has 0 saturated carbocycles. The van der Waals surface area contributed by atoms with Gasteiger partial charge in [-0.25, -0.2) is 0 Å². The molecule has 0 aliphatic carbocycles. The molecule has 0 amide bonds. The maximum absolute atomic E-state index is 6.12. The van der Waals surface area contributed by atoms with Gasteiger partial charge in [0.05, 0.1) is 5.02 Å². The number of quaternary nitrogens is 1. The molecule has 0 unspecified atom stereocenters. The highest BCUT2D eigenvalue weighted by molar-refractivity contribution is 9.10. The highest BCUT2D eigenvalue weighted by Crippen LogP contribution is 2.27. The van der Waals surface area contributed by atoms with Gasteiger partial charge in [0, 0.05) is 4.47 Å². The first-order valence-electron chi connectivity index (χ1n) is 6.61. The third-order valence-electron chi connectivity index (χ3n) is 3.22. The molecule has 2 rings (SSSR count). The SMILES string of the molecule is C[C@H]1C[NH+](CCOc2ccc(Br)cc2Cl)C[C@H](C)O1. The van der Waals surface area contributed by atoms with Gasteiger partial charge in [0.15, 0.2) is 0 Å². The molecule has 3 nitrogen and oxygen atoms in total. The fraction of sp³-hybridized carbons (Fsp3) is 0.571. The van der Waals surface area contributed by atoms with E-state index in [9.17, 15) is 0 Å². The predicted octanol–water partition coefficient (Wildman–Crippen LogP) is 2.17. The molecule has 1 aromatic rings. The summed E-state index contributed by atoms with van der Waals surface area (Å²) < 4.78 is 12.4. The van der Waals surface area contributed by atoms with E-state index in [2.05, 4.69) is 29.8 Å². The summed E-state index contributed by atoms with van der Waals surface area (Å²) in [6.45, 7) is 7.99. The van der Waals surface area contributed by atoms with Crippen LogP contribution in [0.5, 0.6) is 5.75 Å². The topological polar surface area (TPSA) is 22.9 Å². The van der Waals surface area contributed by atoms with E-state index in [1.165, 1.54) is 4.90 Å². The van der Waals surface area contributed by atoms with Gasteiger partial charge in [-0.2, -0.15) is 0 Å². The lowest BCUT2D eigenvalue weighted by molar-refractivity contribution is -0.915. The van der Waals surface area contributed by atoms with Crippen molar-refractivity contribution in [3.05, 3.63) is 27.7 Å². The standard InChI is InChI=1S/C14H19BrClNO2/c1-10-8-17(9-11(2)19-10)5-6-18-14-4-3-12(15)7-13(14)16/h3-4,7,10-11H,5-6,8-9H2,1-2H3/p+1/t10-,11-/m0/s1. The van der Waals surface area contributed by atoms with Crippen LogP contribution in [0.15, 0.2) is 22.7 Å². The second kappa shape index (κ2) is 6.93. The van der Waals surface area contributed by atoms with Crippen LogP contribution in [0.4, 0.5) is 0 Å². The zero-order valence-electron chi connectivity index (χ0n) is 11.3. The molecule has 1 N–H and O–H groups in total. The van der Waals surface area contributed by atoms with Gasteiger partial charge in [0.1, 0.15) is 44.2 Å². The summed E-state index contributed by atoms with van der Waals surface area (Å²) in [6.07, 6.45) is 0.657. The maximum Gasteiger partial charge on any atom is 0.138 e. The van der Waals surface area contributed by atoms with Gasteiger partial charge in [-0.1, -0.05) is 27.5 Å². The third kappa shape index (κ3) is 4.63. The number of rotatable bonds is 4. The van der Waals surface area contributed by atoms with Crippen LogP contribution in [0.2, 0.25) is 5.02 Å². The molecule has 106 valence electrons. The first-order valence-corrected chi connectivity index (χ1v) is 7.78. The molecule has 19 heavy (non-hydrogen) atoms. The fourth-order valence-corrected chi connectivity index (χ4v) is 3.22. The molecule has 1 fully saturated rings. The Balaban J connectivity index is 1.80. The monoisotopic (exact) mass is 348 g/mol. The van der Waals surface area contributed by atoms with Gasteiger partial charge in [0.2, 0.25) is 0 Å². The van der Waals surface area contributed by atoms with Gasteiger partial charge in [0.25, 0.3) is 0 Å². The molecule has 2 atom stereocenters. The van der Waals surface area contributed by atoms with Crippen molar-refractivity contribution in [3.8, 4) is 5.75 Å². The van der Waals surface area contributed by atoms with Crippen LogP contribution in [-0.2, 0) is 4.74 Å². The molecule has 0 bridgehead atoms. The minimum absolute atomic E-state index is 0.329. The molecule has 0 aromatic heterocycles. The molecule has 5 heteroatoms. The molecule has 1 saturated heterocycles.